The van der Waals surface area contributed by atoms with Crippen LogP contribution in [0, 0.1) is 5.92 Å². The lowest BCUT2D eigenvalue weighted by Crippen LogP contribution is -2.45. The van der Waals surface area contributed by atoms with E-state index in [1.165, 1.54) is 5.57 Å². The van der Waals surface area contributed by atoms with E-state index in [9.17, 15) is 5.11 Å². The van der Waals surface area contributed by atoms with Crippen LogP contribution < -0.4 is 9.47 Å². The molecule has 0 radical (unpaired) electrons. The van der Waals surface area contributed by atoms with E-state index < -0.39 is 0 Å². The van der Waals surface area contributed by atoms with Gasteiger partial charge in [-0.2, -0.15) is 0 Å². The fraction of sp³-hybridized carbons (Fsp3) is 0.579. The molecule has 1 aromatic carbocycles. The lowest BCUT2D eigenvalue weighted by molar-refractivity contribution is 0.0105. The molecule has 0 saturated heterocycles. The van der Waals surface area contributed by atoms with E-state index in [0.717, 1.165) is 24.2 Å². The van der Waals surface area contributed by atoms with Gasteiger partial charge in [0, 0.05) is 36.6 Å². The molecule has 1 aromatic rings. The van der Waals surface area contributed by atoms with Crippen LogP contribution in [0.5, 0.6) is 17.2 Å². The third-order valence-corrected chi connectivity index (χ3v) is 5.00. The van der Waals surface area contributed by atoms with Crippen molar-refractivity contribution in [2.45, 2.75) is 45.1 Å². The van der Waals surface area contributed by atoms with Crippen LogP contribution in [0.15, 0.2) is 23.8 Å². The molecule has 0 aromatic heterocycles. The van der Waals surface area contributed by atoms with Crippen LogP contribution in [-0.4, -0.2) is 31.0 Å². The number of phenolic OH excluding ortho intramolecular Hbond substituents is 1. The molecule has 0 fully saturated rings. The summed E-state index contributed by atoms with van der Waals surface area (Å²) in [6.07, 6.45) is 4.48. The van der Waals surface area contributed by atoms with Crippen molar-refractivity contribution in [2.24, 2.45) is 5.92 Å². The van der Waals surface area contributed by atoms with Crippen LogP contribution >= 0.6 is 0 Å². The van der Waals surface area contributed by atoms with Gasteiger partial charge in [0.05, 0.1) is 6.61 Å². The van der Waals surface area contributed by atoms with Crippen molar-refractivity contribution in [2.75, 3.05) is 20.3 Å². The van der Waals surface area contributed by atoms with Gasteiger partial charge in [0.2, 0.25) is 0 Å². The highest BCUT2D eigenvalue weighted by Gasteiger charge is 2.45. The van der Waals surface area contributed by atoms with Gasteiger partial charge in [0.15, 0.2) is 0 Å². The van der Waals surface area contributed by atoms with E-state index in [2.05, 4.69) is 26.8 Å². The number of benzene rings is 1. The van der Waals surface area contributed by atoms with Gasteiger partial charge in [-0.05, 0) is 33.6 Å². The number of phenols is 1. The minimum absolute atomic E-state index is 0.204. The number of hydrogen-bond acceptors (Lipinski definition) is 4. The number of rotatable bonds is 4. The molecule has 126 valence electrons. The quantitative estimate of drug-likeness (QED) is 0.672. The summed E-state index contributed by atoms with van der Waals surface area (Å²) in [6.45, 7) is 7.40. The van der Waals surface area contributed by atoms with Gasteiger partial charge in [-0.25, -0.2) is 0 Å². The van der Waals surface area contributed by atoms with Gasteiger partial charge in [-0.1, -0.05) is 11.6 Å². The molecule has 1 heterocycles. The number of ether oxygens (including phenoxy) is 3. The van der Waals surface area contributed by atoms with Gasteiger partial charge >= 0.3 is 0 Å². The predicted molar refractivity (Wildman–Crippen MR) is 89.4 cm³/mol. The van der Waals surface area contributed by atoms with Crippen LogP contribution in [-0.2, 0) is 4.74 Å². The first kappa shape index (κ1) is 16.2. The SMILES string of the molecule is COCCOc1cc(O)c2c(c1)OC(C)(C)[C@@H]1CCC(C)=C[C@@H]21. The Morgan fingerprint density at radius 3 is 2.83 bits per heavy atom. The highest BCUT2D eigenvalue weighted by molar-refractivity contribution is 5.55. The molecule has 2 aliphatic rings. The van der Waals surface area contributed by atoms with Crippen molar-refractivity contribution in [3.05, 3.63) is 29.3 Å². The number of aromatic hydroxyl groups is 1. The molecule has 1 aliphatic heterocycles. The molecule has 4 nitrogen and oxygen atoms in total. The second-order valence-electron chi connectivity index (χ2n) is 7.08. The largest absolute Gasteiger partial charge is 0.507 e. The standard InChI is InChI=1S/C19H26O4/c1-12-5-6-15-14(9-12)18-16(20)10-13(22-8-7-21-4)11-17(18)23-19(15,2)3/h9-11,14-15,20H,5-8H2,1-4H3/t14-,15-/m1/s1. The van der Waals surface area contributed by atoms with E-state index in [4.69, 9.17) is 14.2 Å². The van der Waals surface area contributed by atoms with Crippen molar-refractivity contribution in [1.29, 1.82) is 0 Å². The zero-order chi connectivity index (χ0) is 16.6. The molecule has 0 unspecified atom stereocenters. The predicted octanol–water partition coefficient (Wildman–Crippen LogP) is 4.03. The maximum atomic E-state index is 10.6. The molecule has 1 N–H and O–H groups in total. The smallest absolute Gasteiger partial charge is 0.131 e. The first-order valence-electron chi connectivity index (χ1n) is 8.27. The minimum Gasteiger partial charge on any atom is -0.507 e. The van der Waals surface area contributed by atoms with E-state index in [1.54, 1.807) is 13.2 Å². The van der Waals surface area contributed by atoms with Crippen molar-refractivity contribution in [3.63, 3.8) is 0 Å². The first-order chi connectivity index (χ1) is 10.9. The van der Waals surface area contributed by atoms with E-state index in [0.29, 0.717) is 24.9 Å². The number of allylic oxidation sites excluding steroid dienone is 2. The Bertz CT molecular complexity index is 618. The van der Waals surface area contributed by atoms with Crippen molar-refractivity contribution < 1.29 is 19.3 Å². The molecule has 2 atom stereocenters. The van der Waals surface area contributed by atoms with Crippen molar-refractivity contribution >= 4 is 0 Å². The summed E-state index contributed by atoms with van der Waals surface area (Å²) in [6, 6.07) is 3.57. The van der Waals surface area contributed by atoms with Crippen LogP contribution in [0.3, 0.4) is 0 Å². The molecular weight excluding hydrogens is 292 g/mol. The number of methoxy groups -OCH3 is 1. The fourth-order valence-electron chi connectivity index (χ4n) is 3.83. The molecule has 0 spiro atoms. The van der Waals surface area contributed by atoms with Crippen molar-refractivity contribution in [1.82, 2.24) is 0 Å². The summed E-state index contributed by atoms with van der Waals surface area (Å²) < 4.78 is 16.9. The molecule has 0 saturated carbocycles. The summed E-state index contributed by atoms with van der Waals surface area (Å²) in [7, 11) is 1.64. The Morgan fingerprint density at radius 1 is 1.30 bits per heavy atom. The Kier molecular flexibility index (Phi) is 4.28. The third kappa shape index (κ3) is 3.05. The summed E-state index contributed by atoms with van der Waals surface area (Å²) in [5.74, 6) is 2.19. The average Bonchev–Trinajstić information content (AvgIpc) is 2.46. The maximum absolute atomic E-state index is 10.6. The lowest BCUT2D eigenvalue weighted by Gasteiger charge is -2.46. The van der Waals surface area contributed by atoms with Gasteiger partial charge < -0.3 is 19.3 Å². The molecule has 23 heavy (non-hydrogen) atoms. The second kappa shape index (κ2) is 6.08. The first-order valence-corrected chi connectivity index (χ1v) is 8.27. The third-order valence-electron chi connectivity index (χ3n) is 5.00. The number of fused-ring (bicyclic) bond motifs is 3. The highest BCUT2D eigenvalue weighted by Crippen LogP contribution is 2.54. The van der Waals surface area contributed by atoms with Gasteiger partial charge in [-0.15, -0.1) is 0 Å². The zero-order valence-electron chi connectivity index (χ0n) is 14.4. The number of hydrogen-bond donors (Lipinski definition) is 1. The van der Waals surface area contributed by atoms with Gasteiger partial charge in [0.1, 0.15) is 29.5 Å². The monoisotopic (exact) mass is 318 g/mol. The van der Waals surface area contributed by atoms with E-state index in [1.807, 2.05) is 6.07 Å². The van der Waals surface area contributed by atoms with E-state index in [-0.39, 0.29) is 17.3 Å². The topological polar surface area (TPSA) is 47.9 Å². The van der Waals surface area contributed by atoms with Crippen molar-refractivity contribution in [3.8, 4) is 17.2 Å². The Hall–Kier alpha value is -1.68. The molecule has 0 bridgehead atoms. The Balaban J connectivity index is 1.99. The molecular formula is C19H26O4. The molecule has 3 rings (SSSR count). The summed E-state index contributed by atoms with van der Waals surface area (Å²) in [4.78, 5) is 0. The maximum Gasteiger partial charge on any atom is 0.131 e. The Labute approximate surface area is 138 Å². The lowest BCUT2D eigenvalue weighted by atomic mass is 9.68. The average molecular weight is 318 g/mol. The Morgan fingerprint density at radius 2 is 2.09 bits per heavy atom. The van der Waals surface area contributed by atoms with Crippen LogP contribution in [0.1, 0.15) is 45.1 Å². The molecule has 1 aliphatic carbocycles. The van der Waals surface area contributed by atoms with Gasteiger partial charge in [-0.3, -0.25) is 0 Å². The zero-order valence-corrected chi connectivity index (χ0v) is 14.4. The fourth-order valence-corrected chi connectivity index (χ4v) is 3.83. The van der Waals surface area contributed by atoms with Crippen LogP contribution in [0.2, 0.25) is 0 Å². The summed E-state index contributed by atoms with van der Waals surface area (Å²) in [5.41, 5.74) is 2.02. The van der Waals surface area contributed by atoms with Crippen LogP contribution in [0.4, 0.5) is 0 Å². The summed E-state index contributed by atoms with van der Waals surface area (Å²) >= 11 is 0. The minimum atomic E-state index is -0.257. The molecule has 0 amide bonds. The van der Waals surface area contributed by atoms with Gasteiger partial charge in [0.25, 0.3) is 0 Å². The van der Waals surface area contributed by atoms with E-state index >= 15 is 0 Å². The normalized spacial score (nSPS) is 25.0. The summed E-state index contributed by atoms with van der Waals surface area (Å²) in [5, 5.41) is 10.6. The highest BCUT2D eigenvalue weighted by atomic mass is 16.5. The van der Waals surface area contributed by atoms with Crippen LogP contribution in [0.25, 0.3) is 0 Å². The molecule has 4 heteroatoms. The second-order valence-corrected chi connectivity index (χ2v) is 7.08.